The third-order valence-corrected chi connectivity index (χ3v) is 4.72. The van der Waals surface area contributed by atoms with Crippen molar-refractivity contribution in [3.63, 3.8) is 0 Å². The van der Waals surface area contributed by atoms with E-state index in [0.29, 0.717) is 5.76 Å². The number of carbonyl (C=O) groups excluding carboxylic acids is 1. The number of aromatic nitrogens is 2. The van der Waals surface area contributed by atoms with Gasteiger partial charge in [0, 0.05) is 17.8 Å². The molecule has 6 heteroatoms. The van der Waals surface area contributed by atoms with E-state index in [4.69, 9.17) is 4.42 Å². The Morgan fingerprint density at radius 1 is 1.38 bits per heavy atom. The van der Waals surface area contributed by atoms with Crippen LogP contribution in [0.3, 0.4) is 0 Å². The fourth-order valence-electron chi connectivity index (χ4n) is 3.30. The molecule has 1 aliphatic rings. The van der Waals surface area contributed by atoms with Crippen LogP contribution in [0, 0.1) is 6.92 Å². The zero-order chi connectivity index (χ0) is 17.1. The van der Waals surface area contributed by atoms with E-state index in [1.165, 1.54) is 12.8 Å². The number of amides is 1. The summed E-state index contributed by atoms with van der Waals surface area (Å²) in [5.41, 5.74) is 2.12. The maximum atomic E-state index is 12.4. The molecular weight excluding hydrogens is 304 g/mol. The number of carbonyl (C=O) groups is 1. The number of nitrogens with zero attached hydrogens (tertiary/aromatic N) is 3. The van der Waals surface area contributed by atoms with Gasteiger partial charge in [-0.25, -0.2) is 0 Å². The summed E-state index contributed by atoms with van der Waals surface area (Å²) in [5, 5.41) is 7.33. The lowest BCUT2D eigenvalue weighted by Crippen LogP contribution is -2.26. The molecule has 0 saturated carbocycles. The van der Waals surface area contributed by atoms with Gasteiger partial charge in [-0.05, 0) is 58.8 Å². The second kappa shape index (κ2) is 7.21. The molecule has 1 saturated heterocycles. The van der Waals surface area contributed by atoms with Crippen LogP contribution in [0.5, 0.6) is 0 Å². The molecule has 1 fully saturated rings. The number of hydrogen-bond donors (Lipinski definition) is 1. The Bertz CT molecular complexity index is 698. The first kappa shape index (κ1) is 16.8. The van der Waals surface area contributed by atoms with Crippen LogP contribution in [0.4, 0.5) is 0 Å². The lowest BCUT2D eigenvalue weighted by atomic mass is 10.1. The topological polar surface area (TPSA) is 63.3 Å². The molecule has 1 atom stereocenters. The Labute approximate surface area is 142 Å². The van der Waals surface area contributed by atoms with Gasteiger partial charge in [-0.3, -0.25) is 14.4 Å². The highest BCUT2D eigenvalue weighted by Crippen LogP contribution is 2.19. The van der Waals surface area contributed by atoms with Gasteiger partial charge in [0.15, 0.2) is 5.76 Å². The van der Waals surface area contributed by atoms with Crippen molar-refractivity contribution in [2.75, 3.05) is 13.1 Å². The lowest BCUT2D eigenvalue weighted by molar-refractivity contribution is 0.0908. The summed E-state index contributed by atoms with van der Waals surface area (Å²) in [5.74, 6) is 1.04. The summed E-state index contributed by atoms with van der Waals surface area (Å²) in [6.07, 6.45) is 4.32. The van der Waals surface area contributed by atoms with E-state index in [2.05, 4.69) is 22.2 Å². The van der Waals surface area contributed by atoms with E-state index in [-0.39, 0.29) is 11.9 Å². The Hall–Kier alpha value is -2.08. The summed E-state index contributed by atoms with van der Waals surface area (Å²) in [4.78, 5) is 14.8. The van der Waals surface area contributed by atoms with Crippen LogP contribution < -0.4 is 5.32 Å². The molecular formula is C18H26N4O2. The standard InChI is InChI=1S/C18H26N4O2/c1-4-22-14(3)16(11-19-22)13(2)20-18(23)17-8-7-15(24-17)12-21-9-5-6-10-21/h7-8,11,13H,4-6,9-10,12H2,1-3H3,(H,20,23). The normalized spacial score (nSPS) is 16.5. The molecule has 2 aromatic heterocycles. The fourth-order valence-corrected chi connectivity index (χ4v) is 3.30. The molecule has 1 aliphatic heterocycles. The van der Waals surface area contributed by atoms with Crippen LogP contribution in [0.2, 0.25) is 0 Å². The van der Waals surface area contributed by atoms with Gasteiger partial charge in [0.2, 0.25) is 0 Å². The van der Waals surface area contributed by atoms with Crippen LogP contribution in [0.15, 0.2) is 22.7 Å². The highest BCUT2D eigenvalue weighted by Gasteiger charge is 2.19. The van der Waals surface area contributed by atoms with E-state index < -0.39 is 0 Å². The predicted molar refractivity (Wildman–Crippen MR) is 91.7 cm³/mol. The monoisotopic (exact) mass is 330 g/mol. The molecule has 1 unspecified atom stereocenters. The molecule has 1 N–H and O–H groups in total. The zero-order valence-electron chi connectivity index (χ0n) is 14.7. The molecule has 0 aliphatic carbocycles. The zero-order valence-corrected chi connectivity index (χ0v) is 14.7. The van der Waals surface area contributed by atoms with Crippen LogP contribution in [-0.2, 0) is 13.1 Å². The van der Waals surface area contributed by atoms with E-state index in [1.807, 2.05) is 30.8 Å². The maximum Gasteiger partial charge on any atom is 0.287 e. The molecule has 24 heavy (non-hydrogen) atoms. The Kier molecular flexibility index (Phi) is 5.04. The Morgan fingerprint density at radius 3 is 2.79 bits per heavy atom. The van der Waals surface area contributed by atoms with Gasteiger partial charge in [0.1, 0.15) is 5.76 Å². The molecule has 2 aromatic rings. The SMILES string of the molecule is CCn1ncc(C(C)NC(=O)c2ccc(CN3CCCC3)o2)c1C. The average Bonchev–Trinajstić information content (AvgIpc) is 3.28. The summed E-state index contributed by atoms with van der Waals surface area (Å²) >= 11 is 0. The third kappa shape index (κ3) is 3.53. The third-order valence-electron chi connectivity index (χ3n) is 4.72. The van der Waals surface area contributed by atoms with Crippen LogP contribution >= 0.6 is 0 Å². The maximum absolute atomic E-state index is 12.4. The van der Waals surface area contributed by atoms with Crippen molar-refractivity contribution in [1.82, 2.24) is 20.0 Å². The van der Waals surface area contributed by atoms with Gasteiger partial charge in [-0.1, -0.05) is 0 Å². The summed E-state index contributed by atoms with van der Waals surface area (Å²) in [6, 6.07) is 3.55. The van der Waals surface area contributed by atoms with E-state index in [0.717, 1.165) is 43.2 Å². The number of likely N-dealkylation sites (tertiary alicyclic amines) is 1. The number of furan rings is 1. The smallest absolute Gasteiger partial charge is 0.287 e. The Balaban J connectivity index is 1.61. The highest BCUT2D eigenvalue weighted by molar-refractivity contribution is 5.91. The Morgan fingerprint density at radius 2 is 2.12 bits per heavy atom. The largest absolute Gasteiger partial charge is 0.455 e. The first-order valence-electron chi connectivity index (χ1n) is 8.72. The van der Waals surface area contributed by atoms with E-state index in [1.54, 1.807) is 6.07 Å². The van der Waals surface area contributed by atoms with Gasteiger partial charge in [0.05, 0.1) is 18.8 Å². The van der Waals surface area contributed by atoms with Crippen molar-refractivity contribution < 1.29 is 9.21 Å². The summed E-state index contributed by atoms with van der Waals surface area (Å²) in [7, 11) is 0. The second-order valence-electron chi connectivity index (χ2n) is 6.45. The second-order valence-corrected chi connectivity index (χ2v) is 6.45. The molecule has 0 bridgehead atoms. The number of nitrogens with one attached hydrogen (secondary N) is 1. The van der Waals surface area contributed by atoms with Crippen LogP contribution in [0.1, 0.15) is 60.3 Å². The number of aryl methyl sites for hydroxylation is 1. The lowest BCUT2D eigenvalue weighted by Gasteiger charge is -2.13. The van der Waals surface area contributed by atoms with Gasteiger partial charge < -0.3 is 9.73 Å². The minimum Gasteiger partial charge on any atom is -0.455 e. The van der Waals surface area contributed by atoms with Crippen molar-refractivity contribution in [3.8, 4) is 0 Å². The van der Waals surface area contributed by atoms with Crippen molar-refractivity contribution >= 4 is 5.91 Å². The van der Waals surface area contributed by atoms with Gasteiger partial charge in [0.25, 0.3) is 5.91 Å². The predicted octanol–water partition coefficient (Wildman–Crippen LogP) is 2.89. The summed E-state index contributed by atoms with van der Waals surface area (Å²) < 4.78 is 7.66. The van der Waals surface area contributed by atoms with Gasteiger partial charge >= 0.3 is 0 Å². The molecule has 3 rings (SSSR count). The number of rotatable bonds is 6. The number of hydrogen-bond acceptors (Lipinski definition) is 4. The summed E-state index contributed by atoms with van der Waals surface area (Å²) in [6.45, 7) is 9.87. The van der Waals surface area contributed by atoms with Crippen LogP contribution in [-0.4, -0.2) is 33.7 Å². The molecule has 0 spiro atoms. The average molecular weight is 330 g/mol. The molecule has 1 amide bonds. The van der Waals surface area contributed by atoms with E-state index >= 15 is 0 Å². The van der Waals surface area contributed by atoms with Gasteiger partial charge in [-0.15, -0.1) is 0 Å². The first-order chi connectivity index (χ1) is 11.6. The quantitative estimate of drug-likeness (QED) is 0.884. The minimum atomic E-state index is -0.182. The fraction of sp³-hybridized carbons (Fsp3) is 0.556. The highest BCUT2D eigenvalue weighted by atomic mass is 16.4. The molecule has 3 heterocycles. The van der Waals surface area contributed by atoms with E-state index in [9.17, 15) is 4.79 Å². The van der Waals surface area contributed by atoms with Crippen LogP contribution in [0.25, 0.3) is 0 Å². The van der Waals surface area contributed by atoms with Crippen molar-refractivity contribution in [1.29, 1.82) is 0 Å². The van der Waals surface area contributed by atoms with Crippen molar-refractivity contribution in [3.05, 3.63) is 41.1 Å². The van der Waals surface area contributed by atoms with Gasteiger partial charge in [-0.2, -0.15) is 5.10 Å². The molecule has 0 radical (unpaired) electrons. The molecule has 0 aromatic carbocycles. The molecule has 130 valence electrons. The minimum absolute atomic E-state index is 0.107. The van der Waals surface area contributed by atoms with Crippen molar-refractivity contribution in [2.45, 2.75) is 52.7 Å². The first-order valence-corrected chi connectivity index (χ1v) is 8.72. The van der Waals surface area contributed by atoms with Crippen molar-refractivity contribution in [2.24, 2.45) is 0 Å². The molecule has 6 nitrogen and oxygen atoms in total.